The Hall–Kier alpha value is -1.05. The van der Waals surface area contributed by atoms with E-state index in [0.29, 0.717) is 5.57 Å². The molecule has 0 saturated heterocycles. The second-order valence-corrected chi connectivity index (χ2v) is 4.52. The normalized spacial score (nSPS) is 11.8. The van der Waals surface area contributed by atoms with E-state index in [1.165, 1.54) is 12.5 Å². The van der Waals surface area contributed by atoms with Crippen molar-refractivity contribution >= 4 is 10.1 Å². The Morgan fingerprint density at radius 1 is 1.24 bits per heavy atom. The molecule has 0 aromatic heterocycles. The number of hydrogen-bond donors (Lipinski definition) is 1. The van der Waals surface area contributed by atoms with Crippen LogP contribution in [-0.2, 0) is 10.1 Å². The van der Waals surface area contributed by atoms with E-state index in [2.05, 4.69) is 26.7 Å². The van der Waals surface area contributed by atoms with Crippen molar-refractivity contribution in [3.05, 3.63) is 22.6 Å². The van der Waals surface area contributed by atoms with Crippen molar-refractivity contribution in [1.29, 1.82) is 0 Å². The zero-order valence-electron chi connectivity index (χ0n) is 11.4. The first-order chi connectivity index (χ1) is 7.84. The van der Waals surface area contributed by atoms with Gasteiger partial charge in [-0.2, -0.15) is 8.42 Å². The molecule has 100 valence electrons. The van der Waals surface area contributed by atoms with Crippen molar-refractivity contribution in [3.63, 3.8) is 0 Å². The van der Waals surface area contributed by atoms with Crippen LogP contribution in [0.5, 0.6) is 0 Å². The quantitative estimate of drug-likeness (QED) is 0.477. The van der Waals surface area contributed by atoms with Crippen LogP contribution in [0.3, 0.4) is 0 Å². The highest BCUT2D eigenvalue weighted by Crippen LogP contribution is 2.15. The van der Waals surface area contributed by atoms with Crippen molar-refractivity contribution in [1.82, 2.24) is 0 Å². The van der Waals surface area contributed by atoms with Crippen molar-refractivity contribution in [2.45, 2.75) is 47.5 Å². The van der Waals surface area contributed by atoms with Gasteiger partial charge >= 0.3 is 0 Å². The molecule has 0 aliphatic heterocycles. The summed E-state index contributed by atoms with van der Waals surface area (Å²) in [7, 11) is -4.04. The molecule has 0 amide bonds. The minimum absolute atomic E-state index is 0.00986. The highest BCUT2D eigenvalue weighted by molar-refractivity contribution is 7.90. The summed E-state index contributed by atoms with van der Waals surface area (Å²) in [5.74, 6) is 0. The van der Waals surface area contributed by atoms with E-state index in [1.54, 1.807) is 19.9 Å². The molecule has 1 N–H and O–H groups in total. The predicted molar refractivity (Wildman–Crippen MR) is 75.2 cm³/mol. The summed E-state index contributed by atoms with van der Waals surface area (Å²) in [4.78, 5) is -0.00986. The summed E-state index contributed by atoms with van der Waals surface area (Å²) in [5.41, 5.74) is 0.586. The van der Waals surface area contributed by atoms with Gasteiger partial charge in [-0.3, -0.25) is 4.55 Å². The van der Waals surface area contributed by atoms with Crippen LogP contribution in [0.25, 0.3) is 0 Å². The number of terminal acetylenes is 1. The van der Waals surface area contributed by atoms with Crippen LogP contribution >= 0.6 is 0 Å². The average Bonchev–Trinajstić information content (AvgIpc) is 2.21. The van der Waals surface area contributed by atoms with Gasteiger partial charge in [-0.25, -0.2) is 0 Å². The van der Waals surface area contributed by atoms with Crippen molar-refractivity contribution in [3.8, 4) is 12.8 Å². The molecule has 0 aromatic carbocycles. The van der Waals surface area contributed by atoms with Gasteiger partial charge in [0.05, 0.1) is 4.91 Å². The van der Waals surface area contributed by atoms with Gasteiger partial charge in [0, 0.05) is 0 Å². The summed E-state index contributed by atoms with van der Waals surface area (Å²) in [5, 5.41) is 0. The lowest BCUT2D eigenvalue weighted by Gasteiger charge is -2.02. The van der Waals surface area contributed by atoms with E-state index < -0.39 is 10.1 Å². The Bertz CT molecular complexity index is 346. The molecule has 0 atom stereocenters. The molecule has 0 unspecified atom stereocenters. The van der Waals surface area contributed by atoms with E-state index in [9.17, 15) is 8.42 Å². The standard InChI is InChI=1S/C8H14O3S.C3H8.C2H2/c1-4-6-7(3)8(5-2)12(9,10)11;1-3-2;1-2/h5-6H,4H2,1-3H3,(H,9,10,11);3H2,1-2H3;1-2H/b7-6-,8-5+;;. The van der Waals surface area contributed by atoms with Crippen LogP contribution in [0, 0.1) is 12.8 Å². The highest BCUT2D eigenvalue weighted by Gasteiger charge is 2.13. The molecular formula is C13H24O3S. The number of allylic oxidation sites excluding steroid dienone is 3. The summed E-state index contributed by atoms with van der Waals surface area (Å²) in [6.45, 7) is 9.39. The molecule has 0 fully saturated rings. The Kier molecular flexibility index (Phi) is 16.3. The fraction of sp³-hybridized carbons (Fsp3) is 0.538. The summed E-state index contributed by atoms with van der Waals surface area (Å²) in [6.07, 6.45) is 13.1. The summed E-state index contributed by atoms with van der Waals surface area (Å²) < 4.78 is 30.2. The molecule has 0 rings (SSSR count). The molecule has 0 radical (unpaired) electrons. The third kappa shape index (κ3) is 12.9. The van der Waals surface area contributed by atoms with Gasteiger partial charge in [0.1, 0.15) is 0 Å². The molecule has 0 aliphatic rings. The minimum Gasteiger partial charge on any atom is -0.282 e. The first kappa shape index (κ1) is 21.3. The maximum Gasteiger partial charge on any atom is 0.294 e. The highest BCUT2D eigenvalue weighted by atomic mass is 32.2. The van der Waals surface area contributed by atoms with Gasteiger partial charge in [-0.15, -0.1) is 12.8 Å². The van der Waals surface area contributed by atoms with Gasteiger partial charge < -0.3 is 0 Å². The van der Waals surface area contributed by atoms with Crippen LogP contribution in [-0.4, -0.2) is 13.0 Å². The minimum atomic E-state index is -4.04. The summed E-state index contributed by atoms with van der Waals surface area (Å²) in [6, 6.07) is 0. The van der Waals surface area contributed by atoms with E-state index in [4.69, 9.17) is 4.55 Å². The van der Waals surface area contributed by atoms with Gasteiger partial charge in [-0.1, -0.05) is 39.3 Å². The number of rotatable bonds is 3. The van der Waals surface area contributed by atoms with Crippen LogP contribution < -0.4 is 0 Å². The first-order valence-electron chi connectivity index (χ1n) is 5.49. The SMILES string of the molecule is C#C.C/C=C(\C(C)=C/CC)S(=O)(=O)O.CCC. The molecule has 4 heteroatoms. The maximum atomic E-state index is 10.7. The third-order valence-electron chi connectivity index (χ3n) is 1.44. The van der Waals surface area contributed by atoms with Gasteiger partial charge in [0.25, 0.3) is 10.1 Å². The molecule has 17 heavy (non-hydrogen) atoms. The van der Waals surface area contributed by atoms with Crippen LogP contribution in [0.2, 0.25) is 0 Å². The second kappa shape index (κ2) is 13.0. The fourth-order valence-electron chi connectivity index (χ4n) is 0.987. The topological polar surface area (TPSA) is 54.4 Å². The predicted octanol–water partition coefficient (Wildman–Crippen LogP) is 3.80. The van der Waals surface area contributed by atoms with E-state index in [0.717, 1.165) is 6.42 Å². The lowest BCUT2D eigenvalue weighted by atomic mass is 10.2. The average molecular weight is 260 g/mol. The molecule has 0 aliphatic carbocycles. The number of hydrogen-bond acceptors (Lipinski definition) is 2. The summed E-state index contributed by atoms with van der Waals surface area (Å²) >= 11 is 0. The zero-order valence-corrected chi connectivity index (χ0v) is 12.2. The van der Waals surface area contributed by atoms with Crippen LogP contribution in [0.4, 0.5) is 0 Å². The third-order valence-corrected chi connectivity index (χ3v) is 2.55. The Morgan fingerprint density at radius 2 is 1.59 bits per heavy atom. The van der Waals surface area contributed by atoms with E-state index >= 15 is 0 Å². The van der Waals surface area contributed by atoms with Gasteiger partial charge in [0.15, 0.2) is 0 Å². The lowest BCUT2D eigenvalue weighted by molar-refractivity contribution is 0.491. The molecular weight excluding hydrogens is 236 g/mol. The second-order valence-electron chi connectivity index (χ2n) is 3.13. The van der Waals surface area contributed by atoms with Crippen molar-refractivity contribution in [2.75, 3.05) is 0 Å². The zero-order chi connectivity index (χ0) is 14.5. The van der Waals surface area contributed by atoms with E-state index in [1.807, 2.05) is 6.92 Å². The Labute approximate surface area is 106 Å². The maximum absolute atomic E-state index is 10.7. The van der Waals surface area contributed by atoms with Gasteiger partial charge in [0.2, 0.25) is 0 Å². The monoisotopic (exact) mass is 260 g/mol. The lowest BCUT2D eigenvalue weighted by Crippen LogP contribution is -2.02. The van der Waals surface area contributed by atoms with Crippen LogP contribution in [0.1, 0.15) is 47.5 Å². The first-order valence-corrected chi connectivity index (χ1v) is 6.93. The fourth-order valence-corrected chi connectivity index (χ4v) is 1.77. The largest absolute Gasteiger partial charge is 0.294 e. The molecule has 0 heterocycles. The van der Waals surface area contributed by atoms with Crippen molar-refractivity contribution < 1.29 is 13.0 Å². The smallest absolute Gasteiger partial charge is 0.282 e. The van der Waals surface area contributed by atoms with Crippen molar-refractivity contribution in [2.24, 2.45) is 0 Å². The molecule has 0 aromatic rings. The molecule has 0 saturated carbocycles. The van der Waals surface area contributed by atoms with E-state index in [-0.39, 0.29) is 4.91 Å². The molecule has 0 bridgehead atoms. The molecule has 0 spiro atoms. The Morgan fingerprint density at radius 3 is 1.76 bits per heavy atom. The molecule has 3 nitrogen and oxygen atoms in total. The Balaban J connectivity index is -0.000000337. The van der Waals surface area contributed by atoms with Gasteiger partial charge in [-0.05, 0) is 25.8 Å². The van der Waals surface area contributed by atoms with Crippen LogP contribution in [0.15, 0.2) is 22.6 Å².